The number of urea groups is 1. The Morgan fingerprint density at radius 3 is 2.35 bits per heavy atom. The number of aliphatic carboxylic acids is 1. The Bertz CT molecular complexity index is 932. The molecule has 2 rings (SSSR count). The maximum Gasteiger partial charge on any atom is 0.333 e. The Kier molecular flexibility index (Phi) is 13.4. The molecular weight excluding hydrogens is 488 g/mol. The van der Waals surface area contributed by atoms with Crippen LogP contribution in [0.2, 0.25) is 0 Å². The summed E-state index contributed by atoms with van der Waals surface area (Å²) in [6.45, 7) is 10.5. The van der Waals surface area contributed by atoms with Crippen molar-refractivity contribution in [3.05, 3.63) is 60.2 Å². The maximum atomic E-state index is 12.9. The molecule has 0 aromatic heterocycles. The number of carbonyl (C=O) groups excluding carboxylic acids is 1. The maximum absolute atomic E-state index is 12.9. The number of amides is 2. The lowest BCUT2D eigenvalue weighted by atomic mass is 9.97. The number of nitrogens with one attached hydrogen (secondary N) is 1. The number of hydrogen-bond acceptors (Lipinski definition) is 5. The van der Waals surface area contributed by atoms with Gasteiger partial charge in [-0.3, -0.25) is 0 Å². The minimum atomic E-state index is -0.967. The van der Waals surface area contributed by atoms with Gasteiger partial charge < -0.3 is 24.8 Å². The number of benzene rings is 2. The van der Waals surface area contributed by atoms with Crippen LogP contribution in [0.15, 0.2) is 59.5 Å². The highest BCUT2D eigenvalue weighted by atomic mass is 32.2. The van der Waals surface area contributed by atoms with E-state index in [0.717, 1.165) is 24.2 Å². The molecule has 0 saturated heterocycles. The molecule has 7 nitrogen and oxygen atoms in total. The Hall–Kier alpha value is -2.71. The van der Waals surface area contributed by atoms with Crippen molar-refractivity contribution in [2.45, 2.75) is 58.0 Å². The van der Waals surface area contributed by atoms with Crippen LogP contribution < -0.4 is 10.1 Å². The molecule has 0 bridgehead atoms. The van der Waals surface area contributed by atoms with Crippen LogP contribution in [0.5, 0.6) is 5.75 Å². The van der Waals surface area contributed by atoms with Gasteiger partial charge in [-0.2, -0.15) is 0 Å². The van der Waals surface area contributed by atoms with E-state index in [0.29, 0.717) is 45.0 Å². The van der Waals surface area contributed by atoms with Gasteiger partial charge in [-0.05, 0) is 60.8 Å². The highest BCUT2D eigenvalue weighted by Crippen LogP contribution is 2.19. The molecule has 0 spiro atoms. The molecule has 0 aliphatic heterocycles. The Morgan fingerprint density at radius 2 is 1.73 bits per heavy atom. The third-order valence-corrected chi connectivity index (χ3v) is 6.61. The minimum absolute atomic E-state index is 0.00765. The molecule has 204 valence electrons. The van der Waals surface area contributed by atoms with Crippen molar-refractivity contribution in [3.63, 3.8) is 0 Å². The summed E-state index contributed by atoms with van der Waals surface area (Å²) in [7, 11) is 0. The summed E-state index contributed by atoms with van der Waals surface area (Å²) in [5.41, 5.74) is 0.873. The van der Waals surface area contributed by atoms with E-state index in [2.05, 4.69) is 38.2 Å². The monoisotopic (exact) mass is 530 g/mol. The van der Waals surface area contributed by atoms with Crippen molar-refractivity contribution >= 4 is 23.8 Å². The molecule has 0 aliphatic carbocycles. The number of carboxylic acids is 1. The van der Waals surface area contributed by atoms with Crippen LogP contribution in [0.4, 0.5) is 4.79 Å². The molecule has 2 aromatic rings. The van der Waals surface area contributed by atoms with Crippen LogP contribution in [-0.2, 0) is 16.0 Å². The second-order valence-electron chi connectivity index (χ2n) is 10.1. The van der Waals surface area contributed by atoms with Gasteiger partial charge in [0.25, 0.3) is 0 Å². The smallest absolute Gasteiger partial charge is 0.333 e. The van der Waals surface area contributed by atoms with E-state index in [9.17, 15) is 14.7 Å². The summed E-state index contributed by atoms with van der Waals surface area (Å²) >= 11 is 1.83. The SMILES string of the molecule is CCOC(Cc1ccc(OCCN(CCCCSc2ccccc2)C(=O)NCC(C)(C)C)cc1)C(=O)O. The summed E-state index contributed by atoms with van der Waals surface area (Å²) in [5, 5.41) is 12.3. The molecule has 0 heterocycles. The molecule has 2 aromatic carbocycles. The van der Waals surface area contributed by atoms with Crippen molar-refractivity contribution in [1.29, 1.82) is 0 Å². The molecular formula is C29H42N2O5S. The molecule has 1 unspecified atom stereocenters. The van der Waals surface area contributed by atoms with Gasteiger partial charge in [-0.1, -0.05) is 51.1 Å². The predicted molar refractivity (Wildman–Crippen MR) is 150 cm³/mol. The number of unbranched alkanes of at least 4 members (excludes halogenated alkanes) is 1. The fraction of sp³-hybridized carbons (Fsp3) is 0.517. The van der Waals surface area contributed by atoms with Crippen LogP contribution in [0.3, 0.4) is 0 Å². The largest absolute Gasteiger partial charge is 0.492 e. The van der Waals surface area contributed by atoms with Gasteiger partial charge >= 0.3 is 12.0 Å². The van der Waals surface area contributed by atoms with E-state index in [1.807, 2.05) is 59.1 Å². The van der Waals surface area contributed by atoms with Gasteiger partial charge in [0.15, 0.2) is 6.10 Å². The van der Waals surface area contributed by atoms with Gasteiger partial charge in [-0.25, -0.2) is 9.59 Å². The van der Waals surface area contributed by atoms with Gasteiger partial charge in [0, 0.05) is 31.0 Å². The molecule has 0 aliphatic rings. The predicted octanol–water partition coefficient (Wildman–Crippen LogP) is 5.73. The number of carboxylic acid groups (broad SMARTS) is 1. The van der Waals surface area contributed by atoms with Crippen LogP contribution in [-0.4, -0.2) is 66.7 Å². The first kappa shape index (κ1) is 30.5. The quantitative estimate of drug-likeness (QED) is 0.213. The molecule has 0 saturated carbocycles. The van der Waals surface area contributed by atoms with E-state index in [1.54, 1.807) is 6.92 Å². The first-order chi connectivity index (χ1) is 17.7. The standard InChI is InChI=1S/C29H42N2O5S/c1-5-35-26(27(32)33)21-23-13-15-24(16-14-23)36-19-18-31(28(34)30-22-29(2,3)4)17-9-10-20-37-25-11-7-6-8-12-25/h6-8,11-16,26H,5,9-10,17-22H2,1-4H3,(H,30,34)(H,32,33). The highest BCUT2D eigenvalue weighted by molar-refractivity contribution is 7.99. The summed E-state index contributed by atoms with van der Waals surface area (Å²) in [6.07, 6.45) is 1.38. The third-order valence-electron chi connectivity index (χ3n) is 5.51. The minimum Gasteiger partial charge on any atom is -0.492 e. The van der Waals surface area contributed by atoms with Crippen molar-refractivity contribution in [3.8, 4) is 5.75 Å². The summed E-state index contributed by atoms with van der Waals surface area (Å²) in [5.74, 6) is 0.725. The van der Waals surface area contributed by atoms with Gasteiger partial charge in [0.2, 0.25) is 0 Å². The highest BCUT2D eigenvalue weighted by Gasteiger charge is 2.19. The van der Waals surface area contributed by atoms with Crippen molar-refractivity contribution in [2.24, 2.45) is 5.41 Å². The zero-order valence-corrected chi connectivity index (χ0v) is 23.4. The summed E-state index contributed by atoms with van der Waals surface area (Å²) in [6, 6.07) is 17.6. The lowest BCUT2D eigenvalue weighted by molar-refractivity contribution is -0.149. The van der Waals surface area contributed by atoms with Gasteiger partial charge in [0.1, 0.15) is 12.4 Å². The van der Waals surface area contributed by atoms with Crippen LogP contribution >= 0.6 is 11.8 Å². The Labute approximate surface area is 225 Å². The second kappa shape index (κ2) is 16.2. The molecule has 2 amide bonds. The van der Waals surface area contributed by atoms with E-state index in [-0.39, 0.29) is 11.4 Å². The Balaban J connectivity index is 1.83. The number of ether oxygens (including phenoxy) is 2. The molecule has 1 atom stereocenters. The first-order valence-corrected chi connectivity index (χ1v) is 13.9. The zero-order valence-electron chi connectivity index (χ0n) is 22.6. The number of rotatable bonds is 16. The van der Waals surface area contributed by atoms with Crippen molar-refractivity contribution < 1.29 is 24.2 Å². The van der Waals surface area contributed by atoms with Gasteiger partial charge in [-0.15, -0.1) is 11.8 Å². The molecule has 2 N–H and O–H groups in total. The lowest BCUT2D eigenvalue weighted by Crippen LogP contribution is -2.45. The fourth-order valence-electron chi connectivity index (χ4n) is 3.51. The fourth-order valence-corrected chi connectivity index (χ4v) is 4.44. The molecule has 37 heavy (non-hydrogen) atoms. The summed E-state index contributed by atoms with van der Waals surface area (Å²) < 4.78 is 11.2. The average Bonchev–Trinajstić information content (AvgIpc) is 2.86. The number of nitrogens with zero attached hydrogens (tertiary/aromatic N) is 1. The average molecular weight is 531 g/mol. The van der Waals surface area contributed by atoms with Crippen LogP contribution in [0.25, 0.3) is 0 Å². The van der Waals surface area contributed by atoms with E-state index < -0.39 is 12.1 Å². The van der Waals surface area contributed by atoms with E-state index in [4.69, 9.17) is 9.47 Å². The van der Waals surface area contributed by atoms with Gasteiger partial charge in [0.05, 0.1) is 6.54 Å². The van der Waals surface area contributed by atoms with Crippen LogP contribution in [0, 0.1) is 5.41 Å². The number of hydrogen-bond donors (Lipinski definition) is 2. The number of carbonyl (C=O) groups is 2. The molecule has 8 heteroatoms. The van der Waals surface area contributed by atoms with E-state index in [1.165, 1.54) is 4.90 Å². The number of thioether (sulfide) groups is 1. The van der Waals surface area contributed by atoms with Crippen molar-refractivity contribution in [2.75, 3.05) is 38.6 Å². The molecule has 0 fully saturated rings. The zero-order chi connectivity index (χ0) is 27.1. The van der Waals surface area contributed by atoms with Crippen molar-refractivity contribution in [1.82, 2.24) is 10.2 Å². The summed E-state index contributed by atoms with van der Waals surface area (Å²) in [4.78, 5) is 27.3. The molecule has 0 radical (unpaired) electrons. The van der Waals surface area contributed by atoms with Crippen LogP contribution in [0.1, 0.15) is 46.1 Å². The normalized spacial score (nSPS) is 12.1. The topological polar surface area (TPSA) is 88.1 Å². The Morgan fingerprint density at radius 1 is 1.03 bits per heavy atom. The first-order valence-electron chi connectivity index (χ1n) is 12.9. The lowest BCUT2D eigenvalue weighted by Gasteiger charge is -2.26. The second-order valence-corrected chi connectivity index (χ2v) is 11.2. The van der Waals surface area contributed by atoms with E-state index >= 15 is 0 Å². The third kappa shape index (κ3) is 12.9.